The Labute approximate surface area is 193 Å². The van der Waals surface area contributed by atoms with E-state index in [-0.39, 0.29) is 36.7 Å². The lowest BCUT2D eigenvalue weighted by atomic mass is 10.0. The Kier molecular flexibility index (Phi) is 10.9. The molecule has 2 atom stereocenters. The quantitative estimate of drug-likeness (QED) is 0.504. The maximum atomic E-state index is 12.3. The predicted octanol–water partition coefficient (Wildman–Crippen LogP) is 2.34. The van der Waals surface area contributed by atoms with Crippen LogP contribution in [-0.4, -0.2) is 75.0 Å². The number of carbonyl (C=O) groups is 2. The average molecular weight is 439 g/mol. The molecule has 0 radical (unpaired) electrons. The first-order chi connectivity index (χ1) is 15.3. The van der Waals surface area contributed by atoms with Gasteiger partial charge in [-0.15, -0.1) is 0 Å². The Bertz CT molecular complexity index is 740. The molecular formula is C26H38N4O2. The molecule has 0 aliphatic heterocycles. The van der Waals surface area contributed by atoms with Crippen molar-refractivity contribution in [3.8, 4) is 0 Å². The lowest BCUT2D eigenvalue weighted by Gasteiger charge is -2.25. The van der Waals surface area contributed by atoms with Crippen molar-refractivity contribution in [2.75, 3.05) is 41.3 Å². The molecule has 32 heavy (non-hydrogen) atoms. The van der Waals surface area contributed by atoms with E-state index in [4.69, 9.17) is 0 Å². The molecule has 2 rings (SSSR count). The maximum absolute atomic E-state index is 12.3. The van der Waals surface area contributed by atoms with E-state index in [1.165, 1.54) is 11.1 Å². The van der Waals surface area contributed by atoms with Crippen molar-refractivity contribution in [1.29, 1.82) is 0 Å². The Morgan fingerprint density at radius 2 is 1.00 bits per heavy atom. The van der Waals surface area contributed by atoms with Gasteiger partial charge in [-0.05, 0) is 52.2 Å². The molecule has 2 aromatic rings. The SMILES string of the molecule is CN(C)[C@@H](CNC(=O)CCC(=O)NC[C@@H](Cc1ccccc1)N(C)C)Cc1ccccc1. The van der Waals surface area contributed by atoms with Gasteiger partial charge in [0.05, 0.1) is 0 Å². The van der Waals surface area contributed by atoms with Crippen LogP contribution in [0.2, 0.25) is 0 Å². The van der Waals surface area contributed by atoms with Gasteiger partial charge in [0.25, 0.3) is 0 Å². The molecule has 174 valence electrons. The highest BCUT2D eigenvalue weighted by molar-refractivity contribution is 5.83. The van der Waals surface area contributed by atoms with Crippen LogP contribution in [0.25, 0.3) is 0 Å². The minimum Gasteiger partial charge on any atom is -0.355 e. The average Bonchev–Trinajstić information content (AvgIpc) is 2.78. The first kappa shape index (κ1) is 25.6. The summed E-state index contributed by atoms with van der Waals surface area (Å²) in [6, 6.07) is 20.9. The van der Waals surface area contributed by atoms with Gasteiger partial charge < -0.3 is 20.4 Å². The summed E-state index contributed by atoms with van der Waals surface area (Å²) in [4.78, 5) is 28.8. The number of rotatable bonds is 13. The monoisotopic (exact) mass is 438 g/mol. The third-order valence-corrected chi connectivity index (χ3v) is 5.74. The molecule has 2 aromatic carbocycles. The lowest BCUT2D eigenvalue weighted by Crippen LogP contribution is -2.43. The highest BCUT2D eigenvalue weighted by Gasteiger charge is 2.16. The molecule has 6 heteroatoms. The zero-order chi connectivity index (χ0) is 23.3. The first-order valence-electron chi connectivity index (χ1n) is 11.3. The molecule has 2 amide bonds. The summed E-state index contributed by atoms with van der Waals surface area (Å²) >= 11 is 0. The summed E-state index contributed by atoms with van der Waals surface area (Å²) in [7, 11) is 8.07. The molecule has 0 aliphatic rings. The van der Waals surface area contributed by atoms with E-state index in [0.717, 1.165) is 12.8 Å². The second kappa shape index (κ2) is 13.7. The number of nitrogens with zero attached hydrogens (tertiary/aromatic N) is 2. The molecular weight excluding hydrogens is 400 g/mol. The third kappa shape index (κ3) is 9.62. The van der Waals surface area contributed by atoms with Crippen LogP contribution >= 0.6 is 0 Å². The highest BCUT2D eigenvalue weighted by Crippen LogP contribution is 2.07. The van der Waals surface area contributed by atoms with E-state index in [9.17, 15) is 9.59 Å². The van der Waals surface area contributed by atoms with Crippen molar-refractivity contribution in [3.05, 3.63) is 71.8 Å². The van der Waals surface area contributed by atoms with E-state index in [0.29, 0.717) is 13.1 Å². The van der Waals surface area contributed by atoms with Gasteiger partial charge in [0, 0.05) is 38.0 Å². The van der Waals surface area contributed by atoms with Crippen molar-refractivity contribution in [2.24, 2.45) is 0 Å². The summed E-state index contributed by atoms with van der Waals surface area (Å²) in [6.07, 6.45) is 2.12. The molecule has 0 spiro atoms. The number of hydrogen-bond donors (Lipinski definition) is 2. The van der Waals surface area contributed by atoms with Crippen LogP contribution < -0.4 is 10.6 Å². The van der Waals surface area contributed by atoms with Crippen molar-refractivity contribution in [2.45, 2.75) is 37.8 Å². The number of carbonyl (C=O) groups excluding carboxylic acids is 2. The van der Waals surface area contributed by atoms with Crippen molar-refractivity contribution in [3.63, 3.8) is 0 Å². The summed E-state index contributed by atoms with van der Waals surface area (Å²) in [6.45, 7) is 1.12. The van der Waals surface area contributed by atoms with Crippen LogP contribution in [0.5, 0.6) is 0 Å². The molecule has 0 aliphatic carbocycles. The standard InChI is InChI=1S/C26H38N4O2/c1-29(2)23(17-21-11-7-5-8-12-21)19-27-25(31)15-16-26(32)28-20-24(30(3)4)18-22-13-9-6-10-14-22/h5-14,23-24H,15-20H2,1-4H3,(H,27,31)(H,28,32)/t23-,24-/m1/s1. The minimum atomic E-state index is -0.0893. The van der Waals surface area contributed by atoms with Crippen LogP contribution in [-0.2, 0) is 22.4 Å². The van der Waals surface area contributed by atoms with Gasteiger partial charge in [0.1, 0.15) is 0 Å². The molecule has 0 heterocycles. The summed E-state index contributed by atoms with van der Waals surface area (Å²) < 4.78 is 0. The van der Waals surface area contributed by atoms with E-state index in [1.54, 1.807) is 0 Å². The van der Waals surface area contributed by atoms with Crippen molar-refractivity contribution < 1.29 is 9.59 Å². The molecule has 6 nitrogen and oxygen atoms in total. The smallest absolute Gasteiger partial charge is 0.220 e. The Morgan fingerprint density at radius 1 is 0.656 bits per heavy atom. The Hall–Kier alpha value is -2.70. The van der Waals surface area contributed by atoms with Crippen molar-refractivity contribution >= 4 is 11.8 Å². The number of hydrogen-bond acceptors (Lipinski definition) is 4. The molecule has 0 saturated carbocycles. The summed E-state index contributed by atoms with van der Waals surface area (Å²) in [5, 5.41) is 5.97. The van der Waals surface area contributed by atoms with Gasteiger partial charge in [0.15, 0.2) is 0 Å². The normalized spacial score (nSPS) is 13.1. The largest absolute Gasteiger partial charge is 0.355 e. The number of benzene rings is 2. The van der Waals surface area contributed by atoms with E-state index < -0.39 is 0 Å². The van der Waals surface area contributed by atoms with Crippen LogP contribution in [0, 0.1) is 0 Å². The lowest BCUT2D eigenvalue weighted by molar-refractivity contribution is -0.126. The number of amides is 2. The Morgan fingerprint density at radius 3 is 1.31 bits per heavy atom. The fraction of sp³-hybridized carbons (Fsp3) is 0.462. The molecule has 0 aromatic heterocycles. The second-order valence-electron chi connectivity index (χ2n) is 8.72. The van der Waals surface area contributed by atoms with Crippen LogP contribution in [0.3, 0.4) is 0 Å². The molecule has 0 unspecified atom stereocenters. The fourth-order valence-electron chi connectivity index (χ4n) is 3.51. The minimum absolute atomic E-state index is 0.0893. The molecule has 0 fully saturated rings. The van der Waals surface area contributed by atoms with Gasteiger partial charge in [-0.3, -0.25) is 9.59 Å². The topological polar surface area (TPSA) is 64.7 Å². The highest BCUT2D eigenvalue weighted by atomic mass is 16.2. The zero-order valence-electron chi connectivity index (χ0n) is 19.9. The predicted molar refractivity (Wildman–Crippen MR) is 130 cm³/mol. The third-order valence-electron chi connectivity index (χ3n) is 5.74. The van der Waals surface area contributed by atoms with Crippen molar-refractivity contribution in [1.82, 2.24) is 20.4 Å². The summed E-state index contributed by atoms with van der Waals surface area (Å²) in [5.74, 6) is -0.179. The van der Waals surface area contributed by atoms with Crippen LogP contribution in [0.4, 0.5) is 0 Å². The van der Waals surface area contributed by atoms with Crippen LogP contribution in [0.15, 0.2) is 60.7 Å². The van der Waals surface area contributed by atoms with E-state index in [2.05, 4.69) is 44.7 Å². The van der Waals surface area contributed by atoms with E-state index in [1.807, 2.05) is 64.6 Å². The van der Waals surface area contributed by atoms with Gasteiger partial charge >= 0.3 is 0 Å². The van der Waals surface area contributed by atoms with Gasteiger partial charge in [0.2, 0.25) is 11.8 Å². The maximum Gasteiger partial charge on any atom is 0.220 e. The zero-order valence-corrected chi connectivity index (χ0v) is 19.9. The van der Waals surface area contributed by atoms with Gasteiger partial charge in [-0.25, -0.2) is 0 Å². The van der Waals surface area contributed by atoms with Gasteiger partial charge in [-0.1, -0.05) is 60.7 Å². The molecule has 2 N–H and O–H groups in total. The van der Waals surface area contributed by atoms with E-state index >= 15 is 0 Å². The Balaban J connectivity index is 1.71. The number of nitrogens with one attached hydrogen (secondary N) is 2. The van der Waals surface area contributed by atoms with Gasteiger partial charge in [-0.2, -0.15) is 0 Å². The second-order valence-corrected chi connectivity index (χ2v) is 8.72. The number of likely N-dealkylation sites (N-methyl/N-ethyl adjacent to an activating group) is 2. The molecule has 0 saturated heterocycles. The van der Waals surface area contributed by atoms with Crippen LogP contribution in [0.1, 0.15) is 24.0 Å². The molecule has 0 bridgehead atoms. The summed E-state index contributed by atoms with van der Waals surface area (Å²) in [5.41, 5.74) is 2.48. The fourth-order valence-corrected chi connectivity index (χ4v) is 3.51. The first-order valence-corrected chi connectivity index (χ1v) is 11.3.